The lowest BCUT2D eigenvalue weighted by Gasteiger charge is -2.19. The largest absolute Gasteiger partial charge is 0.335 e. The first-order chi connectivity index (χ1) is 9.43. The van der Waals surface area contributed by atoms with Gasteiger partial charge >= 0.3 is 0 Å². The highest BCUT2D eigenvalue weighted by Crippen LogP contribution is 2.43. The van der Waals surface area contributed by atoms with Crippen LogP contribution in [0, 0.1) is 0 Å². The molecule has 2 aliphatic rings. The summed E-state index contributed by atoms with van der Waals surface area (Å²) in [6.07, 6.45) is 3.72. The molecule has 3 rings (SSSR count). The van der Waals surface area contributed by atoms with E-state index >= 15 is 0 Å². The van der Waals surface area contributed by atoms with E-state index in [4.69, 9.17) is 10.7 Å². The molecule has 2 saturated carbocycles. The third-order valence-electron chi connectivity index (χ3n) is 3.77. The predicted molar refractivity (Wildman–Crippen MR) is 73.3 cm³/mol. The molecule has 1 N–H and O–H groups in total. The summed E-state index contributed by atoms with van der Waals surface area (Å²) in [6, 6.07) is 0.208. The molecule has 0 spiro atoms. The van der Waals surface area contributed by atoms with Crippen molar-refractivity contribution < 1.29 is 13.2 Å². The highest BCUT2D eigenvalue weighted by atomic mass is 35.7. The van der Waals surface area contributed by atoms with Gasteiger partial charge in [0.1, 0.15) is 4.90 Å². The van der Waals surface area contributed by atoms with Gasteiger partial charge in [-0.1, -0.05) is 0 Å². The highest BCUT2D eigenvalue weighted by molar-refractivity contribution is 8.13. The molecule has 8 heteroatoms. The number of aromatic amines is 1. The van der Waals surface area contributed by atoms with Crippen molar-refractivity contribution in [3.63, 3.8) is 0 Å². The van der Waals surface area contributed by atoms with Crippen LogP contribution in [0.15, 0.2) is 4.90 Å². The van der Waals surface area contributed by atoms with Gasteiger partial charge in [-0.05, 0) is 32.6 Å². The van der Waals surface area contributed by atoms with Crippen molar-refractivity contribution in [1.29, 1.82) is 0 Å². The number of H-pyrrole nitrogens is 1. The zero-order valence-corrected chi connectivity index (χ0v) is 12.7. The minimum absolute atomic E-state index is 0.0596. The van der Waals surface area contributed by atoms with E-state index in [-0.39, 0.29) is 28.5 Å². The number of halogens is 1. The Morgan fingerprint density at radius 3 is 2.50 bits per heavy atom. The number of hydrogen-bond acceptors (Lipinski definition) is 4. The van der Waals surface area contributed by atoms with Gasteiger partial charge in [0.15, 0.2) is 5.69 Å². The van der Waals surface area contributed by atoms with Crippen molar-refractivity contribution in [1.82, 2.24) is 15.1 Å². The summed E-state index contributed by atoms with van der Waals surface area (Å²) < 4.78 is 23.6. The Balaban J connectivity index is 2.02. The Morgan fingerprint density at radius 1 is 1.40 bits per heavy atom. The van der Waals surface area contributed by atoms with Crippen molar-refractivity contribution >= 4 is 25.6 Å². The first-order valence-electron chi connectivity index (χ1n) is 6.77. The summed E-state index contributed by atoms with van der Waals surface area (Å²) in [5.41, 5.74) is 0.422. The number of hydrogen-bond donors (Lipinski definition) is 1. The molecular weight excluding hydrogens is 302 g/mol. The third kappa shape index (κ3) is 2.44. The number of rotatable bonds is 5. The molecule has 2 aliphatic carbocycles. The number of nitrogens with one attached hydrogen (secondary N) is 1. The van der Waals surface area contributed by atoms with Crippen LogP contribution in [-0.2, 0) is 9.05 Å². The average molecular weight is 318 g/mol. The van der Waals surface area contributed by atoms with Crippen LogP contribution < -0.4 is 0 Å². The molecule has 1 aromatic heterocycles. The van der Waals surface area contributed by atoms with Crippen molar-refractivity contribution in [2.75, 3.05) is 6.54 Å². The maximum atomic E-state index is 12.5. The van der Waals surface area contributed by atoms with Gasteiger partial charge < -0.3 is 4.90 Å². The van der Waals surface area contributed by atoms with E-state index in [0.29, 0.717) is 12.2 Å². The predicted octanol–water partition coefficient (Wildman–Crippen LogP) is 1.84. The Labute approximate surface area is 121 Å². The number of aromatic nitrogens is 2. The van der Waals surface area contributed by atoms with Crippen LogP contribution in [0.2, 0.25) is 0 Å². The average Bonchev–Trinajstić information content (AvgIpc) is 3.28. The minimum Gasteiger partial charge on any atom is -0.335 e. The van der Waals surface area contributed by atoms with Crippen LogP contribution >= 0.6 is 10.7 Å². The van der Waals surface area contributed by atoms with Crippen LogP contribution in [0.3, 0.4) is 0 Å². The molecule has 0 unspecified atom stereocenters. The van der Waals surface area contributed by atoms with Gasteiger partial charge in [-0.2, -0.15) is 5.10 Å². The van der Waals surface area contributed by atoms with E-state index in [2.05, 4.69) is 10.2 Å². The standard InChI is InChI=1S/C12H16ClN3O3S/c1-2-16(8-5-6-8)12(17)10-11(20(13,18)19)9(14-15-10)7-3-4-7/h7-8H,2-6H2,1H3,(H,14,15). The van der Waals surface area contributed by atoms with Crippen LogP contribution in [0.25, 0.3) is 0 Å². The summed E-state index contributed by atoms with van der Waals surface area (Å²) in [5.74, 6) is -0.221. The maximum absolute atomic E-state index is 12.5. The summed E-state index contributed by atoms with van der Waals surface area (Å²) in [5, 5.41) is 6.64. The molecule has 0 bridgehead atoms. The van der Waals surface area contributed by atoms with Crippen LogP contribution in [-0.4, -0.2) is 42.0 Å². The van der Waals surface area contributed by atoms with Gasteiger partial charge in [0.25, 0.3) is 15.0 Å². The molecule has 6 nitrogen and oxygen atoms in total. The molecular formula is C12H16ClN3O3S. The first-order valence-corrected chi connectivity index (χ1v) is 9.08. The summed E-state index contributed by atoms with van der Waals surface area (Å²) in [4.78, 5) is 14.0. The zero-order chi connectivity index (χ0) is 14.5. The molecule has 0 saturated heterocycles. The van der Waals surface area contributed by atoms with Gasteiger partial charge in [0.2, 0.25) is 0 Å². The fraction of sp³-hybridized carbons (Fsp3) is 0.667. The number of nitrogens with zero attached hydrogens (tertiary/aromatic N) is 2. The van der Waals surface area contributed by atoms with Crippen LogP contribution in [0.1, 0.15) is 54.7 Å². The topological polar surface area (TPSA) is 83.1 Å². The SMILES string of the molecule is CCN(C(=O)c1n[nH]c(C2CC2)c1S(=O)(=O)Cl)C1CC1. The van der Waals surface area contributed by atoms with E-state index in [9.17, 15) is 13.2 Å². The Hall–Kier alpha value is -1.08. The lowest BCUT2D eigenvalue weighted by molar-refractivity contribution is 0.0742. The second kappa shape index (κ2) is 4.73. The molecule has 0 atom stereocenters. The van der Waals surface area contributed by atoms with Crippen LogP contribution in [0.4, 0.5) is 0 Å². The minimum atomic E-state index is -3.99. The number of carbonyl (C=O) groups is 1. The Kier molecular flexibility index (Phi) is 3.29. The van der Waals surface area contributed by atoms with E-state index in [1.807, 2.05) is 6.92 Å². The second-order valence-electron chi connectivity index (χ2n) is 5.35. The maximum Gasteiger partial charge on any atom is 0.276 e. The fourth-order valence-corrected chi connectivity index (χ4v) is 3.78. The summed E-state index contributed by atoms with van der Waals surface area (Å²) in [7, 11) is 1.52. The smallest absolute Gasteiger partial charge is 0.276 e. The highest BCUT2D eigenvalue weighted by Gasteiger charge is 2.40. The summed E-state index contributed by atoms with van der Waals surface area (Å²) in [6.45, 7) is 2.41. The first kappa shape index (κ1) is 13.9. The van der Waals surface area contributed by atoms with Gasteiger partial charge in [-0.15, -0.1) is 0 Å². The number of amides is 1. The Morgan fingerprint density at radius 2 is 2.05 bits per heavy atom. The van der Waals surface area contributed by atoms with E-state index in [1.54, 1.807) is 4.90 Å². The molecule has 1 heterocycles. The van der Waals surface area contributed by atoms with Gasteiger partial charge in [0.05, 0.1) is 5.69 Å². The molecule has 110 valence electrons. The summed E-state index contributed by atoms with van der Waals surface area (Å²) >= 11 is 0. The molecule has 0 radical (unpaired) electrons. The molecule has 2 fully saturated rings. The molecule has 0 aliphatic heterocycles. The second-order valence-corrected chi connectivity index (χ2v) is 7.85. The van der Waals surface area contributed by atoms with Gasteiger partial charge in [-0.25, -0.2) is 8.42 Å². The molecule has 1 amide bonds. The van der Waals surface area contributed by atoms with Crippen molar-refractivity contribution in [3.05, 3.63) is 11.4 Å². The monoisotopic (exact) mass is 317 g/mol. The zero-order valence-electron chi connectivity index (χ0n) is 11.1. The van der Waals surface area contributed by atoms with Crippen molar-refractivity contribution in [2.24, 2.45) is 0 Å². The molecule has 0 aromatic carbocycles. The third-order valence-corrected chi connectivity index (χ3v) is 5.13. The number of carbonyl (C=O) groups excluding carboxylic acids is 1. The molecule has 20 heavy (non-hydrogen) atoms. The van der Waals surface area contributed by atoms with E-state index in [1.165, 1.54) is 0 Å². The van der Waals surface area contributed by atoms with Crippen molar-refractivity contribution in [2.45, 2.75) is 49.5 Å². The Bertz CT molecular complexity index is 647. The lowest BCUT2D eigenvalue weighted by Crippen LogP contribution is -2.33. The van der Waals surface area contributed by atoms with Gasteiger partial charge in [-0.3, -0.25) is 9.89 Å². The van der Waals surface area contributed by atoms with E-state index in [0.717, 1.165) is 25.7 Å². The van der Waals surface area contributed by atoms with Gasteiger partial charge in [0, 0.05) is 29.2 Å². The van der Waals surface area contributed by atoms with Crippen molar-refractivity contribution in [3.8, 4) is 0 Å². The quantitative estimate of drug-likeness (QED) is 0.840. The van der Waals surface area contributed by atoms with E-state index < -0.39 is 9.05 Å². The lowest BCUT2D eigenvalue weighted by atomic mass is 10.2. The molecule has 1 aromatic rings. The van der Waals surface area contributed by atoms with Crippen LogP contribution in [0.5, 0.6) is 0 Å². The fourth-order valence-electron chi connectivity index (χ4n) is 2.48. The normalized spacial score (nSPS) is 19.1.